The molecule has 47 heavy (non-hydrogen) atoms. The molecule has 3 aromatic rings. The molecule has 0 radical (unpaired) electrons. The van der Waals surface area contributed by atoms with E-state index in [9.17, 15) is 14.4 Å². The molecule has 0 spiro atoms. The van der Waals surface area contributed by atoms with E-state index in [-0.39, 0.29) is 30.3 Å². The summed E-state index contributed by atoms with van der Waals surface area (Å²) in [6.07, 6.45) is 2.97. The molecule has 3 heterocycles. The van der Waals surface area contributed by atoms with Crippen molar-refractivity contribution in [1.82, 2.24) is 9.47 Å². The number of thiazole rings is 1. The van der Waals surface area contributed by atoms with Crippen LogP contribution in [0.2, 0.25) is 0 Å². The van der Waals surface area contributed by atoms with Gasteiger partial charge in [0.15, 0.2) is 22.9 Å². The number of aromatic nitrogens is 1. The van der Waals surface area contributed by atoms with Crippen LogP contribution < -0.4 is 33.8 Å². The second kappa shape index (κ2) is 15.3. The summed E-state index contributed by atoms with van der Waals surface area (Å²) in [5.74, 6) is 1.17. The first-order valence-corrected chi connectivity index (χ1v) is 16.2. The largest absolute Gasteiger partial charge is 0.497 e. The van der Waals surface area contributed by atoms with Crippen molar-refractivity contribution in [2.24, 2.45) is 4.99 Å². The standard InChI is InChI=1S/C34H39N3O9S/c1-6-8-24-30(33(40)45-7-2)31(23-19-22(41-3)10-12-25(23)42-4)37-32(39)28(47-34(37)35-24)18-21-9-11-26(27(17-21)43-5)46-20-29(38)36-13-15-44-16-14-36/h9-12,17-19,31H,6-8,13-16,20H2,1-5H3/b28-18-/t31-/m0/s1. The normalized spacial score (nSPS) is 16.3. The maximum atomic E-state index is 14.2. The van der Waals surface area contributed by atoms with E-state index in [1.807, 2.05) is 6.92 Å². The van der Waals surface area contributed by atoms with Gasteiger partial charge in [-0.3, -0.25) is 14.2 Å². The summed E-state index contributed by atoms with van der Waals surface area (Å²) in [6, 6.07) is 9.63. The molecule has 1 saturated heterocycles. The van der Waals surface area contributed by atoms with Crippen LogP contribution in [0.3, 0.4) is 0 Å². The average molecular weight is 666 g/mol. The van der Waals surface area contributed by atoms with Gasteiger partial charge in [-0.1, -0.05) is 30.7 Å². The van der Waals surface area contributed by atoms with Crippen LogP contribution in [0.4, 0.5) is 0 Å². The first-order chi connectivity index (χ1) is 22.8. The molecule has 2 aliphatic rings. The predicted molar refractivity (Wildman–Crippen MR) is 175 cm³/mol. The summed E-state index contributed by atoms with van der Waals surface area (Å²) in [4.78, 5) is 47.3. The molecule has 0 aliphatic carbocycles. The number of rotatable bonds is 12. The minimum Gasteiger partial charge on any atom is -0.497 e. The van der Waals surface area contributed by atoms with E-state index in [2.05, 4.69) is 0 Å². The fourth-order valence-electron chi connectivity index (χ4n) is 5.56. The average Bonchev–Trinajstić information content (AvgIpc) is 3.40. The Balaban J connectivity index is 1.58. The molecule has 2 aliphatic heterocycles. The molecule has 0 bridgehead atoms. The van der Waals surface area contributed by atoms with Crippen LogP contribution in [0.15, 0.2) is 57.5 Å². The lowest BCUT2D eigenvalue weighted by atomic mass is 9.93. The highest BCUT2D eigenvalue weighted by Gasteiger charge is 2.36. The Bertz CT molecular complexity index is 1840. The van der Waals surface area contributed by atoms with Crippen LogP contribution in [0.25, 0.3) is 6.08 Å². The van der Waals surface area contributed by atoms with Gasteiger partial charge in [0, 0.05) is 18.7 Å². The first kappa shape index (κ1) is 33.7. The van der Waals surface area contributed by atoms with Crippen molar-refractivity contribution in [3.63, 3.8) is 0 Å². The number of carbonyl (C=O) groups excluding carboxylic acids is 2. The van der Waals surface area contributed by atoms with Crippen LogP contribution in [-0.2, 0) is 19.1 Å². The van der Waals surface area contributed by atoms with Gasteiger partial charge in [0.05, 0.1) is 57.0 Å². The zero-order chi connectivity index (χ0) is 33.5. The van der Waals surface area contributed by atoms with Crippen LogP contribution >= 0.6 is 11.3 Å². The summed E-state index contributed by atoms with van der Waals surface area (Å²) in [6.45, 7) is 5.84. The maximum absolute atomic E-state index is 14.2. The van der Waals surface area contributed by atoms with E-state index in [1.165, 1.54) is 30.1 Å². The highest BCUT2D eigenvalue weighted by atomic mass is 32.1. The number of carbonyl (C=O) groups is 2. The molecule has 250 valence electrons. The number of esters is 1. The van der Waals surface area contributed by atoms with Crippen molar-refractivity contribution in [1.29, 1.82) is 0 Å². The fraction of sp³-hybridized carbons (Fsp3) is 0.412. The number of benzene rings is 2. The Hall–Kier alpha value is -4.62. The van der Waals surface area contributed by atoms with Gasteiger partial charge >= 0.3 is 5.97 Å². The van der Waals surface area contributed by atoms with Gasteiger partial charge < -0.3 is 33.3 Å². The van der Waals surface area contributed by atoms with Crippen molar-refractivity contribution in [2.45, 2.75) is 32.7 Å². The Morgan fingerprint density at radius 1 is 1.00 bits per heavy atom. The minimum absolute atomic E-state index is 0.132. The summed E-state index contributed by atoms with van der Waals surface area (Å²) in [5.41, 5.74) is 1.75. The molecule has 2 aromatic carbocycles. The van der Waals surface area contributed by atoms with Gasteiger partial charge in [-0.05, 0) is 55.3 Å². The topological polar surface area (TPSA) is 127 Å². The lowest BCUT2D eigenvalue weighted by molar-refractivity contribution is -0.139. The van der Waals surface area contributed by atoms with Crippen LogP contribution in [-0.4, -0.2) is 82.2 Å². The van der Waals surface area contributed by atoms with Crippen LogP contribution in [0.5, 0.6) is 23.0 Å². The zero-order valence-corrected chi connectivity index (χ0v) is 28.0. The highest BCUT2D eigenvalue weighted by molar-refractivity contribution is 7.07. The number of hydrogen-bond donors (Lipinski definition) is 0. The van der Waals surface area contributed by atoms with Crippen LogP contribution in [0, 0.1) is 0 Å². The van der Waals surface area contributed by atoms with E-state index in [4.69, 9.17) is 33.4 Å². The quantitative estimate of drug-likeness (QED) is 0.269. The Kier molecular flexibility index (Phi) is 11.0. The number of nitrogens with zero attached hydrogens (tertiary/aromatic N) is 3. The number of ether oxygens (including phenoxy) is 6. The molecule has 0 N–H and O–H groups in total. The van der Waals surface area contributed by atoms with Gasteiger partial charge in [-0.15, -0.1) is 0 Å². The molecule has 1 amide bonds. The first-order valence-electron chi connectivity index (χ1n) is 15.4. The predicted octanol–water partition coefficient (Wildman–Crippen LogP) is 2.84. The third-order valence-electron chi connectivity index (χ3n) is 7.82. The van der Waals surface area contributed by atoms with Crippen molar-refractivity contribution >= 4 is 29.3 Å². The molecule has 12 nitrogen and oxygen atoms in total. The second-order valence-corrected chi connectivity index (χ2v) is 11.7. The Labute approximate surface area is 276 Å². The molecular formula is C34H39N3O9S. The van der Waals surface area contributed by atoms with Gasteiger partial charge in [0.25, 0.3) is 11.5 Å². The minimum atomic E-state index is -0.867. The Morgan fingerprint density at radius 2 is 1.74 bits per heavy atom. The van der Waals surface area contributed by atoms with Gasteiger partial charge in [0.1, 0.15) is 17.5 Å². The number of amides is 1. The SMILES string of the molecule is CCCC1=C(C(=O)OCC)[C@H](c2cc(OC)ccc2OC)n2c(s/c(=C\c3ccc(OCC(=O)N4CCOCC4)c(OC)c3)c2=O)=N1. The highest BCUT2D eigenvalue weighted by Crippen LogP contribution is 2.39. The lowest BCUT2D eigenvalue weighted by Crippen LogP contribution is -2.43. The molecule has 1 fully saturated rings. The van der Waals surface area contributed by atoms with Crippen molar-refractivity contribution in [2.75, 3.05) is 60.8 Å². The molecule has 1 aromatic heterocycles. The summed E-state index contributed by atoms with van der Waals surface area (Å²) < 4.78 is 35.3. The van der Waals surface area contributed by atoms with E-state index in [1.54, 1.807) is 61.4 Å². The van der Waals surface area contributed by atoms with E-state index in [0.29, 0.717) is 81.9 Å². The van der Waals surface area contributed by atoms with E-state index >= 15 is 0 Å². The Morgan fingerprint density at radius 3 is 2.43 bits per heavy atom. The molecule has 0 unspecified atom stereocenters. The van der Waals surface area contributed by atoms with Gasteiger partial charge in [0.2, 0.25) is 0 Å². The number of methoxy groups -OCH3 is 3. The summed E-state index contributed by atoms with van der Waals surface area (Å²) >= 11 is 1.22. The number of hydrogen-bond acceptors (Lipinski definition) is 11. The molecule has 0 saturated carbocycles. The molecule has 13 heteroatoms. The molecule has 5 rings (SSSR count). The van der Waals surface area contributed by atoms with Crippen molar-refractivity contribution < 1.29 is 38.0 Å². The maximum Gasteiger partial charge on any atom is 0.338 e. The van der Waals surface area contributed by atoms with E-state index in [0.717, 1.165) is 6.42 Å². The smallest absolute Gasteiger partial charge is 0.338 e. The third-order valence-corrected chi connectivity index (χ3v) is 8.81. The lowest BCUT2D eigenvalue weighted by Gasteiger charge is -2.27. The molecular weight excluding hydrogens is 626 g/mol. The van der Waals surface area contributed by atoms with Crippen LogP contribution in [0.1, 0.15) is 43.9 Å². The van der Waals surface area contributed by atoms with Gasteiger partial charge in [-0.25, -0.2) is 9.79 Å². The monoisotopic (exact) mass is 665 g/mol. The second-order valence-electron chi connectivity index (χ2n) is 10.7. The third kappa shape index (κ3) is 7.20. The van der Waals surface area contributed by atoms with Crippen molar-refractivity contribution in [3.05, 3.63) is 78.5 Å². The van der Waals surface area contributed by atoms with Gasteiger partial charge in [-0.2, -0.15) is 0 Å². The van der Waals surface area contributed by atoms with Crippen molar-refractivity contribution in [3.8, 4) is 23.0 Å². The number of fused-ring (bicyclic) bond motifs is 1. The molecule has 1 atom stereocenters. The van der Waals surface area contributed by atoms with E-state index < -0.39 is 12.0 Å². The summed E-state index contributed by atoms with van der Waals surface area (Å²) in [5, 5.41) is 0. The summed E-state index contributed by atoms with van der Waals surface area (Å²) in [7, 11) is 4.60. The number of allylic oxidation sites excluding steroid dienone is 1. The zero-order valence-electron chi connectivity index (χ0n) is 27.2. The fourth-order valence-corrected chi connectivity index (χ4v) is 6.58. The number of morpholine rings is 1.